The summed E-state index contributed by atoms with van der Waals surface area (Å²) in [4.78, 5) is 12.1. The highest BCUT2D eigenvalue weighted by Gasteiger charge is 2.11. The van der Waals surface area contributed by atoms with Crippen LogP contribution in [-0.2, 0) is 0 Å². The highest BCUT2D eigenvalue weighted by atomic mass is 16.3. The van der Waals surface area contributed by atoms with Gasteiger partial charge in [-0.15, -0.1) is 0 Å². The Morgan fingerprint density at radius 3 is 2.53 bits per heavy atom. The Morgan fingerprint density at radius 2 is 1.95 bits per heavy atom. The van der Waals surface area contributed by atoms with Gasteiger partial charge in [0.05, 0.1) is 19.3 Å². The molecule has 2 heterocycles. The van der Waals surface area contributed by atoms with Crippen LogP contribution in [0.2, 0.25) is 0 Å². The van der Waals surface area contributed by atoms with Crippen molar-refractivity contribution in [3.8, 4) is 5.95 Å². The van der Waals surface area contributed by atoms with Crippen molar-refractivity contribution < 1.29 is 10.2 Å². The van der Waals surface area contributed by atoms with E-state index in [4.69, 9.17) is 16.1 Å². The monoisotopic (exact) mass is 266 g/mol. The summed E-state index contributed by atoms with van der Waals surface area (Å²) in [7, 11) is 0. The van der Waals surface area contributed by atoms with Gasteiger partial charge in [-0.3, -0.25) is 5.43 Å². The molecule has 6 N–H and O–H groups in total. The van der Waals surface area contributed by atoms with Gasteiger partial charge >= 0.3 is 0 Å². The first kappa shape index (κ1) is 13.1. The van der Waals surface area contributed by atoms with Gasteiger partial charge < -0.3 is 15.5 Å². The van der Waals surface area contributed by atoms with Gasteiger partial charge in [-0.25, -0.2) is 10.5 Å². The summed E-state index contributed by atoms with van der Waals surface area (Å²) in [6.07, 6.45) is 3.24. The van der Waals surface area contributed by atoms with Crippen LogP contribution in [0.4, 0.5) is 11.9 Å². The third-order valence-electron chi connectivity index (χ3n) is 2.24. The standard InChI is InChI=1S/C9H14N8O2/c10-16-8-13-7(12-6(4-18)5-19)14-9(15-8)17-3-1-2-11-17/h1-3,6,18-19H,4-5,10H2,(H2,12,13,14,15,16). The van der Waals surface area contributed by atoms with E-state index in [1.165, 1.54) is 4.68 Å². The van der Waals surface area contributed by atoms with Crippen molar-refractivity contribution in [2.75, 3.05) is 24.0 Å². The molecule has 2 aromatic heterocycles. The molecule has 102 valence electrons. The molecular formula is C9H14N8O2. The lowest BCUT2D eigenvalue weighted by atomic mass is 10.3. The minimum absolute atomic E-state index is 0.137. The van der Waals surface area contributed by atoms with E-state index in [0.29, 0.717) is 0 Å². The lowest BCUT2D eigenvalue weighted by Gasteiger charge is -2.14. The maximum Gasteiger partial charge on any atom is 0.257 e. The van der Waals surface area contributed by atoms with Crippen molar-refractivity contribution in [1.82, 2.24) is 24.7 Å². The van der Waals surface area contributed by atoms with E-state index >= 15 is 0 Å². The number of hydrazine groups is 1. The highest BCUT2D eigenvalue weighted by molar-refractivity contribution is 5.37. The molecule has 0 aliphatic carbocycles. The Morgan fingerprint density at radius 1 is 1.21 bits per heavy atom. The van der Waals surface area contributed by atoms with Gasteiger partial charge in [0, 0.05) is 12.4 Å². The van der Waals surface area contributed by atoms with Gasteiger partial charge in [-0.1, -0.05) is 0 Å². The molecule has 2 aromatic rings. The third kappa shape index (κ3) is 3.13. The van der Waals surface area contributed by atoms with E-state index in [1.807, 2.05) is 0 Å². The second kappa shape index (κ2) is 6.04. The molecule has 19 heavy (non-hydrogen) atoms. The van der Waals surface area contributed by atoms with E-state index in [1.54, 1.807) is 18.5 Å². The van der Waals surface area contributed by atoms with E-state index in [-0.39, 0.29) is 31.1 Å². The summed E-state index contributed by atoms with van der Waals surface area (Å²) in [5.74, 6) is 5.84. The summed E-state index contributed by atoms with van der Waals surface area (Å²) in [6.45, 7) is -0.519. The predicted molar refractivity (Wildman–Crippen MR) is 66.3 cm³/mol. The smallest absolute Gasteiger partial charge is 0.257 e. The maximum atomic E-state index is 9.02. The topological polar surface area (TPSA) is 147 Å². The second-order valence-corrected chi connectivity index (χ2v) is 3.58. The molecule has 0 saturated heterocycles. The fourth-order valence-corrected chi connectivity index (χ4v) is 1.32. The van der Waals surface area contributed by atoms with Gasteiger partial charge in [-0.05, 0) is 6.07 Å². The molecule has 10 heteroatoms. The van der Waals surface area contributed by atoms with E-state index < -0.39 is 6.04 Å². The molecule has 2 rings (SSSR count). The number of aliphatic hydroxyl groups excluding tert-OH is 2. The number of rotatable bonds is 6. The molecule has 0 fully saturated rings. The quantitative estimate of drug-likeness (QED) is 0.299. The molecule has 0 aromatic carbocycles. The average molecular weight is 266 g/mol. The van der Waals surface area contributed by atoms with Gasteiger partial charge in [0.1, 0.15) is 0 Å². The van der Waals surface area contributed by atoms with Crippen molar-refractivity contribution in [3.05, 3.63) is 18.5 Å². The zero-order valence-electron chi connectivity index (χ0n) is 9.93. The molecule has 0 aliphatic heterocycles. The number of nitrogen functional groups attached to an aromatic ring is 1. The number of aromatic nitrogens is 5. The summed E-state index contributed by atoms with van der Waals surface area (Å²) in [5.41, 5.74) is 2.31. The van der Waals surface area contributed by atoms with Gasteiger partial charge in [0.2, 0.25) is 11.9 Å². The molecule has 0 spiro atoms. The van der Waals surface area contributed by atoms with Crippen LogP contribution in [0.25, 0.3) is 5.95 Å². The van der Waals surface area contributed by atoms with Crippen LogP contribution in [0, 0.1) is 0 Å². The predicted octanol–water partition coefficient (Wildman–Crippen LogP) is -1.89. The van der Waals surface area contributed by atoms with Crippen LogP contribution in [0.5, 0.6) is 0 Å². The Bertz CT molecular complexity index is 513. The van der Waals surface area contributed by atoms with Gasteiger partial charge in [0.25, 0.3) is 5.95 Å². The summed E-state index contributed by atoms with van der Waals surface area (Å²) < 4.78 is 1.43. The minimum Gasteiger partial charge on any atom is -0.394 e. The van der Waals surface area contributed by atoms with Crippen molar-refractivity contribution >= 4 is 11.9 Å². The molecule has 10 nitrogen and oxygen atoms in total. The molecule has 0 unspecified atom stereocenters. The van der Waals surface area contributed by atoms with Gasteiger partial charge in [0.15, 0.2) is 0 Å². The van der Waals surface area contributed by atoms with Crippen LogP contribution in [-0.4, -0.2) is 54.2 Å². The minimum atomic E-state index is -0.571. The van der Waals surface area contributed by atoms with Crippen molar-refractivity contribution in [2.24, 2.45) is 5.84 Å². The van der Waals surface area contributed by atoms with Crippen LogP contribution in [0.1, 0.15) is 0 Å². The van der Waals surface area contributed by atoms with Crippen molar-refractivity contribution in [3.63, 3.8) is 0 Å². The van der Waals surface area contributed by atoms with E-state index in [9.17, 15) is 0 Å². The lowest BCUT2D eigenvalue weighted by molar-refractivity contribution is 0.203. The summed E-state index contributed by atoms with van der Waals surface area (Å²) in [5, 5.41) is 24.8. The van der Waals surface area contributed by atoms with Crippen LogP contribution >= 0.6 is 0 Å². The molecule has 0 aliphatic rings. The third-order valence-corrected chi connectivity index (χ3v) is 2.24. The first-order chi connectivity index (χ1) is 9.26. The molecule has 0 amide bonds. The Hall–Kier alpha value is -2.30. The van der Waals surface area contributed by atoms with E-state index in [0.717, 1.165) is 0 Å². The number of anilines is 2. The Balaban J connectivity index is 2.31. The Labute approximate surface area is 108 Å². The zero-order valence-corrected chi connectivity index (χ0v) is 9.93. The van der Waals surface area contributed by atoms with Crippen molar-refractivity contribution in [1.29, 1.82) is 0 Å². The average Bonchev–Trinajstić information content (AvgIpc) is 2.98. The summed E-state index contributed by atoms with van der Waals surface area (Å²) in [6, 6.07) is 1.15. The number of hydrogen-bond acceptors (Lipinski definition) is 9. The largest absolute Gasteiger partial charge is 0.394 e. The van der Waals surface area contributed by atoms with Crippen molar-refractivity contribution in [2.45, 2.75) is 6.04 Å². The first-order valence-corrected chi connectivity index (χ1v) is 5.47. The number of nitrogens with zero attached hydrogens (tertiary/aromatic N) is 5. The molecule has 0 bridgehead atoms. The second-order valence-electron chi connectivity index (χ2n) is 3.58. The van der Waals surface area contributed by atoms with E-state index in [2.05, 4.69) is 30.8 Å². The normalized spacial score (nSPS) is 10.7. The SMILES string of the molecule is NNc1nc(NC(CO)CO)nc(-n2cccn2)n1. The van der Waals surface area contributed by atoms with Crippen LogP contribution in [0.15, 0.2) is 18.5 Å². The summed E-state index contributed by atoms with van der Waals surface area (Å²) >= 11 is 0. The number of aliphatic hydroxyl groups is 2. The molecule has 0 radical (unpaired) electrons. The lowest BCUT2D eigenvalue weighted by Crippen LogP contribution is -2.29. The van der Waals surface area contributed by atoms with Gasteiger partial charge in [-0.2, -0.15) is 20.1 Å². The Kier molecular flexibility index (Phi) is 4.18. The fraction of sp³-hybridized carbons (Fsp3) is 0.333. The molecular weight excluding hydrogens is 252 g/mol. The van der Waals surface area contributed by atoms with Crippen LogP contribution < -0.4 is 16.6 Å². The number of hydrogen-bond donors (Lipinski definition) is 5. The molecule has 0 saturated carbocycles. The van der Waals surface area contributed by atoms with Crippen LogP contribution in [0.3, 0.4) is 0 Å². The number of nitrogens with two attached hydrogens (primary N) is 1. The zero-order chi connectivity index (χ0) is 13.7. The fourth-order valence-electron chi connectivity index (χ4n) is 1.32. The maximum absolute atomic E-state index is 9.02. The first-order valence-electron chi connectivity index (χ1n) is 5.47. The number of nitrogens with one attached hydrogen (secondary N) is 2. The molecule has 0 atom stereocenters. The highest BCUT2D eigenvalue weighted by Crippen LogP contribution is 2.08.